The number of nitrogens with zero attached hydrogens (tertiary/aromatic N) is 2. The Kier molecular flexibility index (Phi) is 5.27. The molecule has 0 atom stereocenters. The fourth-order valence-electron chi connectivity index (χ4n) is 3.91. The molecule has 0 spiro atoms. The Morgan fingerprint density at radius 1 is 0.913 bits per heavy atom. The maximum Gasteiger partial charge on any atom is 0.416 e. The highest BCUT2D eigenvalue weighted by molar-refractivity contribution is 5.29. The van der Waals surface area contributed by atoms with E-state index in [0.717, 1.165) is 26.2 Å². The maximum absolute atomic E-state index is 13.1. The van der Waals surface area contributed by atoms with Crippen molar-refractivity contribution in [3.8, 4) is 0 Å². The maximum atomic E-state index is 13.1. The molecule has 23 heavy (non-hydrogen) atoms. The quantitative estimate of drug-likeness (QED) is 0.823. The molecule has 0 bridgehead atoms. The van der Waals surface area contributed by atoms with Crippen LogP contribution >= 0.6 is 0 Å². The number of hydrogen-bond donors (Lipinski definition) is 0. The summed E-state index contributed by atoms with van der Waals surface area (Å²) in [5.41, 5.74) is -0.0965. The average molecular weight is 326 g/mol. The predicted octanol–water partition coefficient (Wildman–Crippen LogP) is 4.16. The first-order valence-electron chi connectivity index (χ1n) is 8.65. The van der Waals surface area contributed by atoms with Crippen LogP contribution in [0.3, 0.4) is 0 Å². The fourth-order valence-corrected chi connectivity index (χ4v) is 3.91. The third-order valence-corrected chi connectivity index (χ3v) is 5.21. The Balaban J connectivity index is 1.57. The van der Waals surface area contributed by atoms with Crippen molar-refractivity contribution in [3.05, 3.63) is 35.4 Å². The largest absolute Gasteiger partial charge is 0.416 e. The second kappa shape index (κ2) is 7.22. The summed E-state index contributed by atoms with van der Waals surface area (Å²) < 4.78 is 39.2. The van der Waals surface area contributed by atoms with Gasteiger partial charge in [-0.05, 0) is 24.5 Å². The number of halogens is 3. The number of benzene rings is 1. The van der Waals surface area contributed by atoms with Crippen molar-refractivity contribution in [2.45, 2.75) is 50.9 Å². The van der Waals surface area contributed by atoms with E-state index in [0.29, 0.717) is 18.2 Å². The molecule has 1 saturated heterocycles. The number of alkyl halides is 3. The molecule has 2 fully saturated rings. The Hall–Kier alpha value is -1.07. The van der Waals surface area contributed by atoms with Gasteiger partial charge in [-0.1, -0.05) is 37.5 Å². The first-order valence-corrected chi connectivity index (χ1v) is 8.65. The van der Waals surface area contributed by atoms with E-state index in [1.807, 2.05) is 0 Å². The molecule has 1 aromatic rings. The highest BCUT2D eigenvalue weighted by atomic mass is 19.4. The van der Waals surface area contributed by atoms with Crippen LogP contribution in [0.5, 0.6) is 0 Å². The monoisotopic (exact) mass is 326 g/mol. The molecule has 0 N–H and O–H groups in total. The summed E-state index contributed by atoms with van der Waals surface area (Å²) >= 11 is 0. The fraction of sp³-hybridized carbons (Fsp3) is 0.667. The lowest BCUT2D eigenvalue weighted by Crippen LogP contribution is -2.50. The van der Waals surface area contributed by atoms with Crippen LogP contribution in [0.1, 0.15) is 43.2 Å². The molecule has 0 radical (unpaired) electrons. The van der Waals surface area contributed by atoms with Crippen molar-refractivity contribution in [2.75, 3.05) is 26.2 Å². The molecule has 1 aliphatic carbocycles. The van der Waals surface area contributed by atoms with Gasteiger partial charge in [-0.3, -0.25) is 9.80 Å². The van der Waals surface area contributed by atoms with E-state index in [1.165, 1.54) is 44.2 Å². The van der Waals surface area contributed by atoms with E-state index in [1.54, 1.807) is 12.1 Å². The molecule has 3 rings (SSSR count). The molecule has 0 aromatic heterocycles. The first-order chi connectivity index (χ1) is 11.0. The van der Waals surface area contributed by atoms with Crippen molar-refractivity contribution < 1.29 is 13.2 Å². The van der Waals surface area contributed by atoms with Crippen LogP contribution in [0, 0.1) is 0 Å². The van der Waals surface area contributed by atoms with Gasteiger partial charge in [0.1, 0.15) is 0 Å². The zero-order valence-corrected chi connectivity index (χ0v) is 13.5. The molecule has 1 saturated carbocycles. The third-order valence-electron chi connectivity index (χ3n) is 5.21. The number of rotatable bonds is 3. The molecule has 1 heterocycles. The summed E-state index contributed by atoms with van der Waals surface area (Å²) in [7, 11) is 0. The predicted molar refractivity (Wildman–Crippen MR) is 85.2 cm³/mol. The van der Waals surface area contributed by atoms with E-state index < -0.39 is 11.7 Å². The van der Waals surface area contributed by atoms with Crippen LogP contribution < -0.4 is 0 Å². The molecule has 5 heteroatoms. The van der Waals surface area contributed by atoms with Gasteiger partial charge in [0.15, 0.2) is 0 Å². The lowest BCUT2D eigenvalue weighted by atomic mass is 9.94. The molecular formula is C18H25F3N2. The highest BCUT2D eigenvalue weighted by Gasteiger charge is 2.33. The van der Waals surface area contributed by atoms with Crippen LogP contribution in [0.25, 0.3) is 0 Å². The zero-order chi connectivity index (χ0) is 16.3. The normalized spacial score (nSPS) is 22.4. The van der Waals surface area contributed by atoms with Gasteiger partial charge in [0.25, 0.3) is 0 Å². The molecule has 1 aliphatic heterocycles. The summed E-state index contributed by atoms with van der Waals surface area (Å²) in [5.74, 6) is 0. The molecule has 2 aliphatic rings. The van der Waals surface area contributed by atoms with E-state index in [-0.39, 0.29) is 0 Å². The minimum Gasteiger partial charge on any atom is -0.298 e. The smallest absolute Gasteiger partial charge is 0.298 e. The van der Waals surface area contributed by atoms with Crippen LogP contribution in [-0.2, 0) is 12.7 Å². The number of hydrogen-bond acceptors (Lipinski definition) is 2. The standard InChI is InChI=1S/C18H25F3N2/c19-18(20,21)17-9-5-4-6-15(17)14-22-10-12-23(13-11-22)16-7-2-1-3-8-16/h4-6,9,16H,1-3,7-8,10-14H2. The Morgan fingerprint density at radius 2 is 1.57 bits per heavy atom. The molecule has 0 amide bonds. The average Bonchev–Trinajstić information content (AvgIpc) is 2.56. The Bertz CT molecular complexity index is 501. The number of piperazine rings is 1. The van der Waals surface area contributed by atoms with Gasteiger partial charge >= 0.3 is 6.18 Å². The minimum atomic E-state index is -4.26. The van der Waals surface area contributed by atoms with Gasteiger partial charge in [0.2, 0.25) is 0 Å². The Labute approximate surface area is 136 Å². The van der Waals surface area contributed by atoms with Crippen LogP contribution in [0.2, 0.25) is 0 Å². The zero-order valence-electron chi connectivity index (χ0n) is 13.5. The lowest BCUT2D eigenvalue weighted by Gasteiger charge is -2.41. The first kappa shape index (κ1) is 16.8. The van der Waals surface area contributed by atoms with Gasteiger partial charge in [-0.15, -0.1) is 0 Å². The molecular weight excluding hydrogens is 301 g/mol. The van der Waals surface area contributed by atoms with Crippen LogP contribution in [-0.4, -0.2) is 42.0 Å². The highest BCUT2D eigenvalue weighted by Crippen LogP contribution is 2.32. The van der Waals surface area contributed by atoms with Crippen molar-refractivity contribution in [2.24, 2.45) is 0 Å². The van der Waals surface area contributed by atoms with Crippen molar-refractivity contribution in [3.63, 3.8) is 0 Å². The second-order valence-corrected chi connectivity index (χ2v) is 6.76. The van der Waals surface area contributed by atoms with Crippen LogP contribution in [0.4, 0.5) is 13.2 Å². The lowest BCUT2D eigenvalue weighted by molar-refractivity contribution is -0.138. The van der Waals surface area contributed by atoms with E-state index >= 15 is 0 Å². The van der Waals surface area contributed by atoms with E-state index in [9.17, 15) is 13.2 Å². The summed E-state index contributed by atoms with van der Waals surface area (Å²) in [6, 6.07) is 6.66. The van der Waals surface area contributed by atoms with Gasteiger partial charge in [-0.25, -0.2) is 0 Å². The molecule has 128 valence electrons. The van der Waals surface area contributed by atoms with Gasteiger partial charge in [-0.2, -0.15) is 13.2 Å². The Morgan fingerprint density at radius 3 is 2.22 bits per heavy atom. The van der Waals surface area contributed by atoms with Gasteiger partial charge in [0, 0.05) is 38.8 Å². The van der Waals surface area contributed by atoms with Crippen LogP contribution in [0.15, 0.2) is 24.3 Å². The summed E-state index contributed by atoms with van der Waals surface area (Å²) in [6.07, 6.45) is 2.31. The second-order valence-electron chi connectivity index (χ2n) is 6.76. The third kappa shape index (κ3) is 4.27. The van der Waals surface area contributed by atoms with Crippen molar-refractivity contribution >= 4 is 0 Å². The molecule has 1 aromatic carbocycles. The van der Waals surface area contributed by atoms with Gasteiger partial charge < -0.3 is 0 Å². The minimum absolute atomic E-state index is 0.395. The SMILES string of the molecule is FC(F)(F)c1ccccc1CN1CCN(C2CCCCC2)CC1. The summed E-state index contributed by atoms with van der Waals surface area (Å²) in [6.45, 7) is 4.09. The van der Waals surface area contributed by atoms with Gasteiger partial charge in [0.05, 0.1) is 5.56 Å². The topological polar surface area (TPSA) is 6.48 Å². The van der Waals surface area contributed by atoms with E-state index in [2.05, 4.69) is 9.80 Å². The molecule has 2 nitrogen and oxygen atoms in total. The molecule has 0 unspecified atom stereocenters. The van der Waals surface area contributed by atoms with E-state index in [4.69, 9.17) is 0 Å². The summed E-state index contributed by atoms with van der Waals surface area (Å²) in [4.78, 5) is 4.70. The summed E-state index contributed by atoms with van der Waals surface area (Å²) in [5, 5.41) is 0. The van der Waals surface area contributed by atoms with Crippen molar-refractivity contribution in [1.82, 2.24) is 9.80 Å². The van der Waals surface area contributed by atoms with Crippen molar-refractivity contribution in [1.29, 1.82) is 0 Å².